The molecule has 0 aliphatic carbocycles. The van der Waals surface area contributed by atoms with Crippen LogP contribution in [-0.2, 0) is 20.1 Å². The maximum absolute atomic E-state index is 12.2. The lowest BCUT2D eigenvalue weighted by Crippen LogP contribution is -2.24. The summed E-state index contributed by atoms with van der Waals surface area (Å²) in [5.41, 5.74) is 1.58. The third-order valence-electron chi connectivity index (χ3n) is 3.51. The summed E-state index contributed by atoms with van der Waals surface area (Å²) in [7, 11) is 1.56. The Kier molecular flexibility index (Phi) is 4.25. The van der Waals surface area contributed by atoms with Crippen molar-refractivity contribution in [1.82, 2.24) is 24.9 Å². The highest BCUT2D eigenvalue weighted by Gasteiger charge is 2.28. The number of carbonyl (C=O) groups is 1. The first-order chi connectivity index (χ1) is 10.3. The number of aromatic nitrogens is 4. The van der Waals surface area contributed by atoms with Crippen molar-refractivity contribution in [2.24, 2.45) is 7.05 Å². The summed E-state index contributed by atoms with van der Waals surface area (Å²) in [5, 5.41) is 22.0. The van der Waals surface area contributed by atoms with Gasteiger partial charge >= 0.3 is 5.69 Å². The van der Waals surface area contributed by atoms with Crippen LogP contribution in [0.2, 0.25) is 0 Å². The molecule has 1 amide bonds. The van der Waals surface area contributed by atoms with Crippen molar-refractivity contribution < 1.29 is 9.72 Å². The highest BCUT2D eigenvalue weighted by Crippen LogP contribution is 2.22. The smallest absolute Gasteiger partial charge is 0.322 e. The average Bonchev–Trinajstić information content (AvgIpc) is 2.97. The number of nitrogens with one attached hydrogen (secondary N) is 1. The lowest BCUT2D eigenvalue weighted by molar-refractivity contribution is -0.385. The first kappa shape index (κ1) is 15.7. The fraction of sp³-hybridized carbons (Fsp3) is 0.462. The van der Waals surface area contributed by atoms with E-state index in [-0.39, 0.29) is 17.9 Å². The van der Waals surface area contributed by atoms with Gasteiger partial charge in [0.05, 0.1) is 10.6 Å². The highest BCUT2D eigenvalue weighted by molar-refractivity contribution is 5.96. The number of hydrogen-bond acceptors (Lipinski definition) is 5. The number of hydrogen-bond donors (Lipinski definition) is 1. The quantitative estimate of drug-likeness (QED) is 0.657. The maximum Gasteiger partial charge on any atom is 0.322 e. The number of carbonyl (C=O) groups excluding carboxylic acids is 1. The zero-order chi connectivity index (χ0) is 16.4. The van der Waals surface area contributed by atoms with E-state index in [9.17, 15) is 14.9 Å². The number of aryl methyl sites for hydroxylation is 3. The molecule has 0 spiro atoms. The Morgan fingerprint density at radius 2 is 2.09 bits per heavy atom. The lowest BCUT2D eigenvalue weighted by atomic mass is 10.2. The lowest BCUT2D eigenvalue weighted by Gasteiger charge is -2.01. The maximum atomic E-state index is 12.2. The van der Waals surface area contributed by atoms with Gasteiger partial charge in [-0.2, -0.15) is 10.2 Å². The van der Waals surface area contributed by atoms with Gasteiger partial charge < -0.3 is 5.32 Å². The van der Waals surface area contributed by atoms with Gasteiger partial charge in [-0.25, -0.2) is 0 Å². The van der Waals surface area contributed by atoms with Crippen molar-refractivity contribution in [1.29, 1.82) is 0 Å². The monoisotopic (exact) mass is 306 g/mol. The molecule has 2 aromatic heterocycles. The van der Waals surface area contributed by atoms with Gasteiger partial charge in [0.15, 0.2) is 0 Å². The van der Waals surface area contributed by atoms with Crippen LogP contribution < -0.4 is 5.32 Å². The summed E-state index contributed by atoms with van der Waals surface area (Å²) in [4.78, 5) is 22.7. The van der Waals surface area contributed by atoms with Gasteiger partial charge in [-0.05, 0) is 20.8 Å². The Hall–Kier alpha value is -2.71. The van der Waals surface area contributed by atoms with Gasteiger partial charge in [0.2, 0.25) is 5.69 Å². The van der Waals surface area contributed by atoms with Crippen LogP contribution in [0.25, 0.3) is 0 Å². The SMILES string of the molecule is CCn1cc(CNC(=O)c2nn(C)c(C)c2[N+](=O)[O-])c(C)n1. The van der Waals surface area contributed by atoms with Gasteiger partial charge in [-0.15, -0.1) is 0 Å². The van der Waals surface area contributed by atoms with E-state index in [2.05, 4.69) is 15.5 Å². The summed E-state index contributed by atoms with van der Waals surface area (Å²) in [6, 6.07) is 0. The zero-order valence-electron chi connectivity index (χ0n) is 13.0. The summed E-state index contributed by atoms with van der Waals surface area (Å²) in [6.07, 6.45) is 1.84. The first-order valence-electron chi connectivity index (χ1n) is 6.84. The number of nitro groups is 1. The predicted octanol–water partition coefficient (Wildman–Crippen LogP) is 1.09. The fourth-order valence-corrected chi connectivity index (χ4v) is 2.12. The van der Waals surface area contributed by atoms with E-state index in [1.165, 1.54) is 4.68 Å². The molecule has 118 valence electrons. The Labute approximate surface area is 127 Å². The third-order valence-corrected chi connectivity index (χ3v) is 3.51. The second-order valence-electron chi connectivity index (χ2n) is 4.94. The molecule has 2 rings (SSSR count). The van der Waals surface area contributed by atoms with E-state index in [0.29, 0.717) is 5.69 Å². The minimum Gasteiger partial charge on any atom is -0.346 e. The summed E-state index contributed by atoms with van der Waals surface area (Å²) in [6.45, 7) is 6.35. The van der Waals surface area contributed by atoms with Crippen molar-refractivity contribution >= 4 is 11.6 Å². The summed E-state index contributed by atoms with van der Waals surface area (Å²) < 4.78 is 3.09. The van der Waals surface area contributed by atoms with Crippen molar-refractivity contribution in [3.05, 3.63) is 39.0 Å². The molecule has 0 fully saturated rings. The Morgan fingerprint density at radius 3 is 2.64 bits per heavy atom. The predicted molar refractivity (Wildman–Crippen MR) is 78.4 cm³/mol. The summed E-state index contributed by atoms with van der Waals surface area (Å²) in [5.74, 6) is -0.570. The molecule has 0 aliphatic rings. The minimum atomic E-state index is -0.586. The van der Waals surface area contributed by atoms with E-state index in [1.807, 2.05) is 20.0 Å². The van der Waals surface area contributed by atoms with Crippen LogP contribution >= 0.6 is 0 Å². The van der Waals surface area contributed by atoms with Crippen LogP contribution in [0.15, 0.2) is 6.20 Å². The van der Waals surface area contributed by atoms with E-state index in [4.69, 9.17) is 0 Å². The first-order valence-corrected chi connectivity index (χ1v) is 6.84. The molecule has 0 atom stereocenters. The zero-order valence-corrected chi connectivity index (χ0v) is 13.0. The fourth-order valence-electron chi connectivity index (χ4n) is 2.12. The van der Waals surface area contributed by atoms with Crippen molar-refractivity contribution in [2.75, 3.05) is 0 Å². The molecule has 0 aromatic carbocycles. The van der Waals surface area contributed by atoms with Crippen LogP contribution in [-0.4, -0.2) is 30.4 Å². The third kappa shape index (κ3) is 2.83. The highest BCUT2D eigenvalue weighted by atomic mass is 16.6. The van der Waals surface area contributed by atoms with Gasteiger partial charge in [-0.1, -0.05) is 0 Å². The standard InChI is InChI=1S/C13H18N6O3/c1-5-18-7-10(8(2)15-18)6-14-13(20)11-12(19(21)22)9(3)17(4)16-11/h7H,5-6H2,1-4H3,(H,14,20). The molecule has 22 heavy (non-hydrogen) atoms. The van der Waals surface area contributed by atoms with Crippen LogP contribution in [0.1, 0.15) is 34.4 Å². The Bertz CT molecular complexity index is 730. The van der Waals surface area contributed by atoms with Crippen molar-refractivity contribution in [3.8, 4) is 0 Å². The van der Waals surface area contributed by atoms with Gasteiger partial charge in [0.25, 0.3) is 5.91 Å². The van der Waals surface area contributed by atoms with Crippen molar-refractivity contribution in [3.63, 3.8) is 0 Å². The Morgan fingerprint density at radius 1 is 1.41 bits per heavy atom. The average molecular weight is 306 g/mol. The van der Waals surface area contributed by atoms with Crippen LogP contribution in [0.5, 0.6) is 0 Å². The number of nitrogens with zero attached hydrogens (tertiary/aromatic N) is 5. The van der Waals surface area contributed by atoms with Gasteiger partial charge in [0.1, 0.15) is 5.69 Å². The molecular formula is C13H18N6O3. The number of rotatable bonds is 5. The molecule has 0 saturated heterocycles. The van der Waals surface area contributed by atoms with Gasteiger partial charge in [0, 0.05) is 31.9 Å². The molecule has 2 heterocycles. The number of amides is 1. The normalized spacial score (nSPS) is 10.7. The van der Waals surface area contributed by atoms with Gasteiger partial charge in [-0.3, -0.25) is 24.3 Å². The molecule has 0 bridgehead atoms. The minimum absolute atomic E-state index is 0.175. The largest absolute Gasteiger partial charge is 0.346 e. The van der Waals surface area contributed by atoms with E-state index >= 15 is 0 Å². The molecule has 9 heteroatoms. The molecule has 1 N–H and O–H groups in total. The van der Waals surface area contributed by atoms with Crippen LogP contribution in [0, 0.1) is 24.0 Å². The van der Waals surface area contributed by atoms with E-state index in [0.717, 1.165) is 17.8 Å². The molecule has 0 aliphatic heterocycles. The molecule has 0 saturated carbocycles. The van der Waals surface area contributed by atoms with Crippen LogP contribution in [0.3, 0.4) is 0 Å². The molecule has 0 unspecified atom stereocenters. The Balaban J connectivity index is 2.18. The molecule has 9 nitrogen and oxygen atoms in total. The van der Waals surface area contributed by atoms with Crippen LogP contribution in [0.4, 0.5) is 5.69 Å². The van der Waals surface area contributed by atoms with Crippen molar-refractivity contribution in [2.45, 2.75) is 33.9 Å². The summed E-state index contributed by atoms with van der Waals surface area (Å²) >= 11 is 0. The molecule has 2 aromatic rings. The molecule has 0 radical (unpaired) electrons. The van der Waals surface area contributed by atoms with E-state index < -0.39 is 10.8 Å². The molecular weight excluding hydrogens is 288 g/mol. The van der Waals surface area contributed by atoms with E-state index in [1.54, 1.807) is 18.7 Å². The second-order valence-corrected chi connectivity index (χ2v) is 4.94. The topological polar surface area (TPSA) is 108 Å². The second kappa shape index (κ2) is 5.96.